The average molecular weight is 376 g/mol. The zero-order valence-corrected chi connectivity index (χ0v) is 14.7. The van der Waals surface area contributed by atoms with Crippen molar-refractivity contribution >= 4 is 17.5 Å². The van der Waals surface area contributed by atoms with E-state index in [2.05, 4.69) is 5.32 Å². The predicted molar refractivity (Wildman–Crippen MR) is 94.9 cm³/mol. The van der Waals surface area contributed by atoms with Gasteiger partial charge in [0.2, 0.25) is 11.8 Å². The van der Waals surface area contributed by atoms with E-state index in [1.807, 2.05) is 31.2 Å². The third-order valence-corrected chi connectivity index (χ3v) is 4.70. The van der Waals surface area contributed by atoms with Gasteiger partial charge in [-0.15, -0.1) is 0 Å². The van der Waals surface area contributed by atoms with Gasteiger partial charge >= 0.3 is 6.18 Å². The Morgan fingerprint density at radius 3 is 2.63 bits per heavy atom. The zero-order valence-electron chi connectivity index (χ0n) is 14.7. The van der Waals surface area contributed by atoms with Gasteiger partial charge < -0.3 is 10.2 Å². The number of amides is 2. The monoisotopic (exact) mass is 376 g/mol. The molecule has 4 nitrogen and oxygen atoms in total. The SMILES string of the molecule is Cc1ccccc1CNC(=O)C1CC(=O)N(c2cccc(C(F)(F)F)c2)C1. The highest BCUT2D eigenvalue weighted by Crippen LogP contribution is 2.33. The van der Waals surface area contributed by atoms with Gasteiger partial charge in [0.1, 0.15) is 0 Å². The number of rotatable bonds is 4. The summed E-state index contributed by atoms with van der Waals surface area (Å²) in [5.41, 5.74) is 1.36. The number of carbonyl (C=O) groups is 2. The van der Waals surface area contributed by atoms with Crippen molar-refractivity contribution in [2.24, 2.45) is 5.92 Å². The van der Waals surface area contributed by atoms with Crippen LogP contribution in [0.4, 0.5) is 18.9 Å². The quantitative estimate of drug-likeness (QED) is 0.885. The lowest BCUT2D eigenvalue weighted by Crippen LogP contribution is -2.32. The minimum Gasteiger partial charge on any atom is -0.352 e. The first-order valence-electron chi connectivity index (χ1n) is 8.55. The first kappa shape index (κ1) is 18.9. The Bertz CT molecular complexity index is 864. The molecule has 1 fully saturated rings. The Balaban J connectivity index is 1.67. The molecule has 3 rings (SSSR count). The molecular weight excluding hydrogens is 357 g/mol. The van der Waals surface area contributed by atoms with Crippen LogP contribution in [0.3, 0.4) is 0 Å². The molecule has 7 heteroatoms. The summed E-state index contributed by atoms with van der Waals surface area (Å²) in [6, 6.07) is 12.2. The van der Waals surface area contributed by atoms with Gasteiger partial charge in [-0.25, -0.2) is 0 Å². The number of anilines is 1. The van der Waals surface area contributed by atoms with Crippen molar-refractivity contribution in [3.05, 3.63) is 65.2 Å². The summed E-state index contributed by atoms with van der Waals surface area (Å²) in [5, 5.41) is 2.81. The summed E-state index contributed by atoms with van der Waals surface area (Å²) in [6.07, 6.45) is -4.50. The van der Waals surface area contributed by atoms with Gasteiger partial charge in [-0.05, 0) is 36.2 Å². The first-order valence-corrected chi connectivity index (χ1v) is 8.55. The van der Waals surface area contributed by atoms with Gasteiger partial charge in [-0.3, -0.25) is 9.59 Å². The summed E-state index contributed by atoms with van der Waals surface area (Å²) in [5.74, 6) is -1.22. The largest absolute Gasteiger partial charge is 0.416 e. The smallest absolute Gasteiger partial charge is 0.352 e. The summed E-state index contributed by atoms with van der Waals surface area (Å²) < 4.78 is 38.7. The van der Waals surface area contributed by atoms with E-state index in [4.69, 9.17) is 0 Å². The molecule has 142 valence electrons. The summed E-state index contributed by atoms with van der Waals surface area (Å²) in [6.45, 7) is 2.36. The fourth-order valence-corrected chi connectivity index (χ4v) is 3.12. The number of hydrogen-bond donors (Lipinski definition) is 1. The van der Waals surface area contributed by atoms with Crippen LogP contribution in [0.2, 0.25) is 0 Å². The second-order valence-corrected chi connectivity index (χ2v) is 6.60. The van der Waals surface area contributed by atoms with E-state index in [-0.39, 0.29) is 30.5 Å². The molecule has 27 heavy (non-hydrogen) atoms. The van der Waals surface area contributed by atoms with Crippen LogP contribution in [0.1, 0.15) is 23.1 Å². The minimum atomic E-state index is -4.48. The van der Waals surface area contributed by atoms with E-state index in [1.165, 1.54) is 17.0 Å². The summed E-state index contributed by atoms with van der Waals surface area (Å²) in [4.78, 5) is 25.9. The van der Waals surface area contributed by atoms with Crippen molar-refractivity contribution in [3.63, 3.8) is 0 Å². The maximum atomic E-state index is 12.9. The molecule has 2 amide bonds. The van der Waals surface area contributed by atoms with E-state index in [0.717, 1.165) is 23.3 Å². The van der Waals surface area contributed by atoms with Crippen LogP contribution in [0.25, 0.3) is 0 Å². The normalized spacial score (nSPS) is 17.3. The lowest BCUT2D eigenvalue weighted by molar-refractivity contribution is -0.137. The van der Waals surface area contributed by atoms with E-state index in [1.54, 1.807) is 0 Å². The van der Waals surface area contributed by atoms with Crippen LogP contribution in [-0.2, 0) is 22.3 Å². The lowest BCUT2D eigenvalue weighted by atomic mass is 10.1. The van der Waals surface area contributed by atoms with Crippen molar-refractivity contribution in [2.45, 2.75) is 26.1 Å². The Morgan fingerprint density at radius 2 is 1.93 bits per heavy atom. The average Bonchev–Trinajstić information content (AvgIpc) is 3.02. The second-order valence-electron chi connectivity index (χ2n) is 6.60. The van der Waals surface area contributed by atoms with Crippen LogP contribution in [0, 0.1) is 12.8 Å². The van der Waals surface area contributed by atoms with Crippen LogP contribution in [-0.4, -0.2) is 18.4 Å². The van der Waals surface area contributed by atoms with Crippen LogP contribution in [0.15, 0.2) is 48.5 Å². The van der Waals surface area contributed by atoms with E-state index in [9.17, 15) is 22.8 Å². The molecule has 1 atom stereocenters. The highest BCUT2D eigenvalue weighted by Gasteiger charge is 2.36. The minimum absolute atomic E-state index is 0.0180. The van der Waals surface area contributed by atoms with E-state index >= 15 is 0 Å². The van der Waals surface area contributed by atoms with Crippen molar-refractivity contribution in [1.29, 1.82) is 0 Å². The fraction of sp³-hybridized carbons (Fsp3) is 0.300. The molecule has 2 aromatic carbocycles. The van der Waals surface area contributed by atoms with Crippen LogP contribution < -0.4 is 10.2 Å². The molecule has 0 aromatic heterocycles. The number of nitrogens with one attached hydrogen (secondary N) is 1. The molecule has 0 bridgehead atoms. The Morgan fingerprint density at radius 1 is 1.19 bits per heavy atom. The van der Waals surface area contributed by atoms with Crippen molar-refractivity contribution in [3.8, 4) is 0 Å². The number of nitrogens with zero attached hydrogens (tertiary/aromatic N) is 1. The molecule has 1 aliphatic rings. The molecule has 1 unspecified atom stereocenters. The van der Waals surface area contributed by atoms with Gasteiger partial charge in [0.15, 0.2) is 0 Å². The molecule has 1 N–H and O–H groups in total. The molecule has 1 heterocycles. The second kappa shape index (κ2) is 7.42. The first-order chi connectivity index (χ1) is 12.8. The van der Waals surface area contributed by atoms with Crippen LogP contribution >= 0.6 is 0 Å². The number of hydrogen-bond acceptors (Lipinski definition) is 2. The van der Waals surface area contributed by atoms with Gasteiger partial charge in [0, 0.05) is 25.2 Å². The third kappa shape index (κ3) is 4.30. The molecular formula is C20H19F3N2O2. The third-order valence-electron chi connectivity index (χ3n) is 4.70. The molecule has 0 spiro atoms. The fourth-order valence-electron chi connectivity index (χ4n) is 3.12. The maximum absolute atomic E-state index is 12.9. The number of halogens is 3. The Labute approximate surface area is 155 Å². The highest BCUT2D eigenvalue weighted by molar-refractivity contribution is 6.00. The Hall–Kier alpha value is -2.83. The van der Waals surface area contributed by atoms with E-state index < -0.39 is 17.7 Å². The zero-order chi connectivity index (χ0) is 19.6. The maximum Gasteiger partial charge on any atom is 0.416 e. The molecule has 0 saturated carbocycles. The summed E-state index contributed by atoms with van der Waals surface area (Å²) in [7, 11) is 0. The lowest BCUT2D eigenvalue weighted by Gasteiger charge is -2.18. The number of alkyl halides is 3. The van der Waals surface area contributed by atoms with Gasteiger partial charge in [-0.2, -0.15) is 13.2 Å². The topological polar surface area (TPSA) is 49.4 Å². The Kier molecular flexibility index (Phi) is 5.21. The molecule has 2 aromatic rings. The van der Waals surface area contributed by atoms with Crippen molar-refractivity contribution in [1.82, 2.24) is 5.32 Å². The molecule has 1 saturated heterocycles. The van der Waals surface area contributed by atoms with E-state index in [0.29, 0.717) is 6.54 Å². The molecule has 1 aliphatic heterocycles. The molecule has 0 radical (unpaired) electrons. The number of carbonyl (C=O) groups excluding carboxylic acids is 2. The van der Waals surface area contributed by atoms with Gasteiger partial charge in [0.25, 0.3) is 0 Å². The van der Waals surface area contributed by atoms with Gasteiger partial charge in [-0.1, -0.05) is 30.3 Å². The molecule has 0 aliphatic carbocycles. The van der Waals surface area contributed by atoms with Crippen molar-refractivity contribution < 1.29 is 22.8 Å². The number of benzene rings is 2. The predicted octanol–water partition coefficient (Wildman–Crippen LogP) is 3.68. The summed E-state index contributed by atoms with van der Waals surface area (Å²) >= 11 is 0. The van der Waals surface area contributed by atoms with Gasteiger partial charge in [0.05, 0.1) is 11.5 Å². The number of aryl methyl sites for hydroxylation is 1. The van der Waals surface area contributed by atoms with Crippen LogP contribution in [0.5, 0.6) is 0 Å². The standard InChI is InChI=1S/C20H19F3N2O2/c1-13-5-2-3-6-14(13)11-24-19(27)15-9-18(26)25(12-15)17-8-4-7-16(10-17)20(21,22)23/h2-8,10,15H,9,11-12H2,1H3,(H,24,27). The van der Waals surface area contributed by atoms with Crippen molar-refractivity contribution in [2.75, 3.05) is 11.4 Å². The highest BCUT2D eigenvalue weighted by atomic mass is 19.4.